The summed E-state index contributed by atoms with van der Waals surface area (Å²) in [6.07, 6.45) is 7.46. The number of carboxylic acid groups (broad SMARTS) is 1. The van der Waals surface area contributed by atoms with Gasteiger partial charge in [0.05, 0.1) is 0 Å². The molecule has 0 fully saturated rings. The predicted octanol–water partition coefficient (Wildman–Crippen LogP) is 1.70. The molecular formula is C11H17NO2. The maximum atomic E-state index is 10.6. The molecule has 3 N–H and O–H groups in total. The monoisotopic (exact) mass is 195 g/mol. The standard InChI is InChI=1S/C11H17NO2/c1-8-4-3-5-11(2,6-8)7-9(12)10(13)14/h3-5,9H,6-7,12H2,1-2H3,(H,13,14)/t9-,11?/m0/s1. The molecule has 2 atom stereocenters. The first-order valence-corrected chi connectivity index (χ1v) is 4.76. The van der Waals surface area contributed by atoms with Crippen LogP contribution in [0.2, 0.25) is 0 Å². The highest BCUT2D eigenvalue weighted by molar-refractivity contribution is 5.73. The Morgan fingerprint density at radius 2 is 2.43 bits per heavy atom. The molecule has 14 heavy (non-hydrogen) atoms. The van der Waals surface area contributed by atoms with E-state index < -0.39 is 12.0 Å². The van der Waals surface area contributed by atoms with Gasteiger partial charge in [-0.1, -0.05) is 30.7 Å². The number of allylic oxidation sites excluding steroid dienone is 4. The first-order chi connectivity index (χ1) is 6.43. The third-order valence-corrected chi connectivity index (χ3v) is 2.57. The summed E-state index contributed by atoms with van der Waals surface area (Å²) in [5.74, 6) is -0.924. The number of hydrogen-bond acceptors (Lipinski definition) is 2. The Morgan fingerprint density at radius 3 is 2.93 bits per heavy atom. The van der Waals surface area contributed by atoms with Gasteiger partial charge in [0.1, 0.15) is 6.04 Å². The number of rotatable bonds is 3. The van der Waals surface area contributed by atoms with Gasteiger partial charge >= 0.3 is 5.97 Å². The number of aliphatic carboxylic acids is 1. The lowest BCUT2D eigenvalue weighted by Gasteiger charge is -2.30. The smallest absolute Gasteiger partial charge is 0.320 e. The van der Waals surface area contributed by atoms with Gasteiger partial charge in [-0.15, -0.1) is 0 Å². The van der Waals surface area contributed by atoms with Gasteiger partial charge in [0.2, 0.25) is 0 Å². The van der Waals surface area contributed by atoms with Crippen LogP contribution in [0.1, 0.15) is 26.7 Å². The number of nitrogens with two attached hydrogens (primary N) is 1. The van der Waals surface area contributed by atoms with Gasteiger partial charge in [-0.3, -0.25) is 4.79 Å². The Labute approximate surface area is 84.3 Å². The fourth-order valence-corrected chi connectivity index (χ4v) is 1.93. The van der Waals surface area contributed by atoms with Gasteiger partial charge in [0.15, 0.2) is 0 Å². The molecule has 0 bridgehead atoms. The highest BCUT2D eigenvalue weighted by Gasteiger charge is 2.28. The third kappa shape index (κ3) is 2.70. The summed E-state index contributed by atoms with van der Waals surface area (Å²) in [6, 6.07) is -0.768. The first kappa shape index (κ1) is 11.0. The van der Waals surface area contributed by atoms with Gasteiger partial charge in [-0.25, -0.2) is 0 Å². The lowest BCUT2D eigenvalue weighted by Crippen LogP contribution is -2.36. The van der Waals surface area contributed by atoms with E-state index in [0.717, 1.165) is 6.42 Å². The van der Waals surface area contributed by atoms with E-state index in [-0.39, 0.29) is 5.41 Å². The van der Waals surface area contributed by atoms with E-state index in [2.05, 4.69) is 0 Å². The largest absolute Gasteiger partial charge is 0.480 e. The van der Waals surface area contributed by atoms with E-state index in [1.807, 2.05) is 32.1 Å². The Morgan fingerprint density at radius 1 is 1.79 bits per heavy atom. The molecule has 78 valence electrons. The average molecular weight is 195 g/mol. The molecule has 0 amide bonds. The molecule has 1 unspecified atom stereocenters. The summed E-state index contributed by atoms with van der Waals surface area (Å²) in [4.78, 5) is 10.6. The fourth-order valence-electron chi connectivity index (χ4n) is 1.93. The summed E-state index contributed by atoms with van der Waals surface area (Å²) in [5, 5.41) is 8.73. The van der Waals surface area contributed by atoms with Gasteiger partial charge < -0.3 is 10.8 Å². The summed E-state index contributed by atoms with van der Waals surface area (Å²) >= 11 is 0. The topological polar surface area (TPSA) is 63.3 Å². The molecule has 1 aliphatic carbocycles. The van der Waals surface area contributed by atoms with Crippen LogP contribution in [-0.4, -0.2) is 17.1 Å². The van der Waals surface area contributed by atoms with Crippen LogP contribution < -0.4 is 5.73 Å². The molecule has 0 aliphatic heterocycles. The van der Waals surface area contributed by atoms with Crippen molar-refractivity contribution in [1.29, 1.82) is 0 Å². The molecule has 1 rings (SSSR count). The zero-order chi connectivity index (χ0) is 10.8. The molecule has 0 aromatic carbocycles. The molecule has 0 saturated carbocycles. The van der Waals surface area contributed by atoms with E-state index >= 15 is 0 Å². The van der Waals surface area contributed by atoms with Crippen molar-refractivity contribution in [1.82, 2.24) is 0 Å². The van der Waals surface area contributed by atoms with Crippen molar-refractivity contribution in [3.8, 4) is 0 Å². The molecule has 0 spiro atoms. The minimum absolute atomic E-state index is 0.101. The van der Waals surface area contributed by atoms with E-state index in [0.29, 0.717) is 6.42 Å². The molecular weight excluding hydrogens is 178 g/mol. The summed E-state index contributed by atoms with van der Waals surface area (Å²) in [7, 11) is 0. The van der Waals surface area contributed by atoms with Crippen molar-refractivity contribution in [3.63, 3.8) is 0 Å². The van der Waals surface area contributed by atoms with Crippen molar-refractivity contribution in [2.45, 2.75) is 32.7 Å². The third-order valence-electron chi connectivity index (χ3n) is 2.57. The fraction of sp³-hybridized carbons (Fsp3) is 0.545. The molecule has 3 heteroatoms. The Kier molecular flexibility index (Phi) is 3.11. The highest BCUT2D eigenvalue weighted by Crippen LogP contribution is 2.35. The zero-order valence-electron chi connectivity index (χ0n) is 8.66. The lowest BCUT2D eigenvalue weighted by molar-refractivity contribution is -0.139. The summed E-state index contributed by atoms with van der Waals surface area (Å²) in [6.45, 7) is 4.09. The van der Waals surface area contributed by atoms with Crippen molar-refractivity contribution >= 4 is 5.97 Å². The van der Waals surface area contributed by atoms with Crippen LogP contribution in [0.15, 0.2) is 23.8 Å². The van der Waals surface area contributed by atoms with Crippen LogP contribution in [0.25, 0.3) is 0 Å². The van der Waals surface area contributed by atoms with Crippen LogP contribution in [0.5, 0.6) is 0 Å². The van der Waals surface area contributed by atoms with Crippen molar-refractivity contribution in [2.24, 2.45) is 11.1 Å². The summed E-state index contributed by atoms with van der Waals surface area (Å²) < 4.78 is 0. The van der Waals surface area contributed by atoms with Gasteiger partial charge in [-0.2, -0.15) is 0 Å². The maximum absolute atomic E-state index is 10.6. The Balaban J connectivity index is 2.64. The minimum Gasteiger partial charge on any atom is -0.480 e. The number of hydrogen-bond donors (Lipinski definition) is 2. The lowest BCUT2D eigenvalue weighted by atomic mass is 9.76. The molecule has 0 aromatic heterocycles. The molecule has 3 nitrogen and oxygen atoms in total. The van der Waals surface area contributed by atoms with E-state index in [1.165, 1.54) is 5.57 Å². The first-order valence-electron chi connectivity index (χ1n) is 4.76. The number of carbonyl (C=O) groups is 1. The predicted molar refractivity (Wildman–Crippen MR) is 55.8 cm³/mol. The van der Waals surface area contributed by atoms with E-state index in [1.54, 1.807) is 0 Å². The Bertz CT molecular complexity index is 294. The van der Waals surface area contributed by atoms with Gasteiger partial charge in [-0.05, 0) is 25.2 Å². The SMILES string of the molecule is CC1=CC=CC(C)(C[C@H](N)C(=O)O)C1. The molecule has 0 saturated heterocycles. The highest BCUT2D eigenvalue weighted by atomic mass is 16.4. The summed E-state index contributed by atoms with van der Waals surface area (Å²) in [5.41, 5.74) is 6.70. The quantitative estimate of drug-likeness (QED) is 0.720. The second-order valence-electron chi connectivity index (χ2n) is 4.35. The van der Waals surface area contributed by atoms with E-state index in [4.69, 9.17) is 10.8 Å². The van der Waals surface area contributed by atoms with Crippen LogP contribution in [0, 0.1) is 5.41 Å². The minimum atomic E-state index is -0.924. The van der Waals surface area contributed by atoms with Crippen LogP contribution in [0.4, 0.5) is 0 Å². The normalized spacial score (nSPS) is 28.4. The molecule has 0 radical (unpaired) electrons. The van der Waals surface area contributed by atoms with Crippen LogP contribution in [-0.2, 0) is 4.79 Å². The average Bonchev–Trinajstić information content (AvgIpc) is 2.02. The van der Waals surface area contributed by atoms with Gasteiger partial charge in [0.25, 0.3) is 0 Å². The van der Waals surface area contributed by atoms with Crippen molar-refractivity contribution < 1.29 is 9.90 Å². The second-order valence-corrected chi connectivity index (χ2v) is 4.35. The maximum Gasteiger partial charge on any atom is 0.320 e. The van der Waals surface area contributed by atoms with E-state index in [9.17, 15) is 4.79 Å². The molecule has 0 heterocycles. The molecule has 0 aromatic rings. The Hall–Kier alpha value is -1.09. The zero-order valence-corrected chi connectivity index (χ0v) is 8.66. The number of carboxylic acids is 1. The molecule has 1 aliphatic rings. The van der Waals surface area contributed by atoms with Crippen molar-refractivity contribution in [3.05, 3.63) is 23.8 Å². The van der Waals surface area contributed by atoms with Crippen LogP contribution in [0.3, 0.4) is 0 Å². The van der Waals surface area contributed by atoms with Gasteiger partial charge in [0, 0.05) is 0 Å². The van der Waals surface area contributed by atoms with Crippen LogP contribution >= 0.6 is 0 Å². The van der Waals surface area contributed by atoms with Crippen molar-refractivity contribution in [2.75, 3.05) is 0 Å². The second kappa shape index (κ2) is 3.96.